The van der Waals surface area contributed by atoms with Crippen LogP contribution in [0, 0.1) is 0 Å². The van der Waals surface area contributed by atoms with Crippen LogP contribution in [0.3, 0.4) is 0 Å². The molecule has 3 N–H and O–H groups in total. The van der Waals surface area contributed by atoms with Crippen molar-refractivity contribution < 1.29 is 18.9 Å². The van der Waals surface area contributed by atoms with Crippen LogP contribution in [0.4, 0.5) is 4.79 Å². The number of carbonyl (C=O) groups excluding carboxylic acids is 3. The van der Waals surface area contributed by atoms with Gasteiger partial charge in [-0.25, -0.2) is 4.79 Å². The minimum Gasteiger partial charge on any atom is -0.366 e. The predicted molar refractivity (Wildman–Crippen MR) is 107 cm³/mol. The van der Waals surface area contributed by atoms with Crippen molar-refractivity contribution in [1.82, 2.24) is 20.4 Å². The van der Waals surface area contributed by atoms with Crippen molar-refractivity contribution in [3.8, 4) is 10.7 Å². The molecule has 29 heavy (non-hydrogen) atoms. The Labute approximate surface area is 177 Å². The first-order valence-electron chi connectivity index (χ1n) is 8.39. The Bertz CT molecular complexity index is 1140. The Hall–Kier alpha value is -3.05. The van der Waals surface area contributed by atoms with Gasteiger partial charge in [0.15, 0.2) is 0 Å². The van der Waals surface area contributed by atoms with Crippen LogP contribution in [0.5, 0.6) is 0 Å². The number of imide groups is 1. The third-order valence-electron chi connectivity index (χ3n) is 4.55. The predicted octanol–water partition coefficient (Wildman–Crippen LogP) is 2.63. The minimum absolute atomic E-state index is 0.128. The van der Waals surface area contributed by atoms with E-state index in [0.29, 0.717) is 11.4 Å². The number of hydrogen-bond donors (Lipinski definition) is 2. The molecule has 9 nitrogen and oxygen atoms in total. The first-order valence-corrected chi connectivity index (χ1v) is 10.1. The highest BCUT2D eigenvalue weighted by atomic mass is 79.9. The van der Waals surface area contributed by atoms with Gasteiger partial charge in [-0.3, -0.25) is 14.5 Å². The highest BCUT2D eigenvalue weighted by Crippen LogP contribution is 2.31. The lowest BCUT2D eigenvalue weighted by Gasteiger charge is -2.22. The molecular formula is C18H14BrN5O4S. The van der Waals surface area contributed by atoms with E-state index in [0.717, 1.165) is 14.2 Å². The average molecular weight is 476 g/mol. The molecule has 1 aromatic carbocycles. The number of hydrogen-bond acceptors (Lipinski definition) is 7. The number of nitrogens with one attached hydrogen (secondary N) is 1. The Morgan fingerprint density at radius 3 is 2.86 bits per heavy atom. The number of primary amides is 1. The summed E-state index contributed by atoms with van der Waals surface area (Å²) in [5.74, 6) is -0.617. The Kier molecular flexibility index (Phi) is 4.71. The van der Waals surface area contributed by atoms with E-state index in [1.165, 1.54) is 23.5 Å². The molecule has 4 amide bonds. The zero-order valence-corrected chi connectivity index (χ0v) is 17.4. The number of rotatable bonds is 5. The van der Waals surface area contributed by atoms with Crippen molar-refractivity contribution in [2.24, 2.45) is 5.73 Å². The molecule has 4 rings (SSSR count). The van der Waals surface area contributed by atoms with Gasteiger partial charge in [-0.2, -0.15) is 4.98 Å². The average Bonchev–Trinajstić information content (AvgIpc) is 3.38. The van der Waals surface area contributed by atoms with Gasteiger partial charge in [-0.15, -0.1) is 11.3 Å². The molecule has 2 aromatic heterocycles. The van der Waals surface area contributed by atoms with Crippen LogP contribution in [0.15, 0.2) is 44.7 Å². The van der Waals surface area contributed by atoms with Crippen LogP contribution in [-0.2, 0) is 16.9 Å². The molecule has 1 unspecified atom stereocenters. The van der Waals surface area contributed by atoms with E-state index < -0.39 is 23.4 Å². The van der Waals surface area contributed by atoms with Crippen molar-refractivity contribution in [1.29, 1.82) is 0 Å². The number of nitrogens with two attached hydrogens (primary N) is 1. The number of carbonyl (C=O) groups is 3. The first-order chi connectivity index (χ1) is 13.8. The SMILES string of the molecule is CC1(c2cccc(C(N)=O)c2)NC(=O)N(Cc2nc(-c3cc(Br)cs3)no2)C1=O. The summed E-state index contributed by atoms with van der Waals surface area (Å²) in [7, 11) is 0. The van der Waals surface area contributed by atoms with Gasteiger partial charge >= 0.3 is 6.03 Å². The van der Waals surface area contributed by atoms with Gasteiger partial charge in [0.2, 0.25) is 17.6 Å². The molecule has 1 aliphatic heterocycles. The van der Waals surface area contributed by atoms with E-state index in [1.807, 2.05) is 11.4 Å². The van der Waals surface area contributed by atoms with Gasteiger partial charge in [-0.05, 0) is 46.6 Å². The number of benzene rings is 1. The molecule has 1 atom stereocenters. The zero-order chi connectivity index (χ0) is 20.8. The fourth-order valence-electron chi connectivity index (χ4n) is 3.00. The standard InChI is InChI=1S/C18H14BrN5O4S/c1-18(10-4-2-3-9(5-10)14(20)25)16(26)24(17(27)22-18)7-13-21-15(23-28-13)12-6-11(19)8-29-12/h2-6,8H,7H2,1H3,(H2,20,25)(H,22,27). The lowest BCUT2D eigenvalue weighted by molar-refractivity contribution is -0.131. The topological polar surface area (TPSA) is 131 Å². The van der Waals surface area contributed by atoms with Crippen molar-refractivity contribution in [2.75, 3.05) is 0 Å². The fourth-order valence-corrected chi connectivity index (χ4v) is 4.36. The van der Waals surface area contributed by atoms with E-state index in [9.17, 15) is 14.4 Å². The summed E-state index contributed by atoms with van der Waals surface area (Å²) in [6.07, 6.45) is 0. The monoisotopic (exact) mass is 475 g/mol. The molecular weight excluding hydrogens is 462 g/mol. The summed E-state index contributed by atoms with van der Waals surface area (Å²) < 4.78 is 6.10. The van der Waals surface area contributed by atoms with Crippen molar-refractivity contribution in [3.63, 3.8) is 0 Å². The van der Waals surface area contributed by atoms with Gasteiger partial charge in [0.05, 0.1) is 4.88 Å². The maximum Gasteiger partial charge on any atom is 0.325 e. The maximum atomic E-state index is 13.0. The van der Waals surface area contributed by atoms with Crippen LogP contribution in [-0.4, -0.2) is 32.9 Å². The highest BCUT2D eigenvalue weighted by molar-refractivity contribution is 9.10. The third-order valence-corrected chi connectivity index (χ3v) is 6.24. The number of nitrogens with zero attached hydrogens (tertiary/aromatic N) is 3. The van der Waals surface area contributed by atoms with Gasteiger partial charge < -0.3 is 15.6 Å². The lowest BCUT2D eigenvalue weighted by Crippen LogP contribution is -2.41. The second-order valence-electron chi connectivity index (χ2n) is 6.53. The summed E-state index contributed by atoms with van der Waals surface area (Å²) in [6, 6.07) is 7.52. The van der Waals surface area contributed by atoms with E-state index in [4.69, 9.17) is 10.3 Å². The molecule has 0 spiro atoms. The normalized spacial score (nSPS) is 18.9. The molecule has 148 valence electrons. The van der Waals surface area contributed by atoms with Crippen molar-refractivity contribution in [3.05, 3.63) is 57.2 Å². The molecule has 0 bridgehead atoms. The summed E-state index contributed by atoms with van der Waals surface area (Å²) in [5, 5.41) is 8.45. The van der Waals surface area contributed by atoms with Crippen LogP contribution in [0.2, 0.25) is 0 Å². The van der Waals surface area contributed by atoms with E-state index >= 15 is 0 Å². The Morgan fingerprint density at radius 2 is 2.17 bits per heavy atom. The summed E-state index contributed by atoms with van der Waals surface area (Å²) in [4.78, 5) is 43.0. The fraction of sp³-hybridized carbons (Fsp3) is 0.167. The number of aromatic nitrogens is 2. The van der Waals surface area contributed by atoms with Crippen molar-refractivity contribution in [2.45, 2.75) is 19.0 Å². The molecule has 1 saturated heterocycles. The molecule has 0 aliphatic carbocycles. The van der Waals surface area contributed by atoms with E-state index in [2.05, 4.69) is 31.4 Å². The third kappa shape index (κ3) is 3.42. The molecule has 0 saturated carbocycles. The number of amides is 4. The van der Waals surface area contributed by atoms with Gasteiger partial charge in [0.25, 0.3) is 5.91 Å². The van der Waals surface area contributed by atoms with E-state index in [1.54, 1.807) is 19.1 Å². The highest BCUT2D eigenvalue weighted by Gasteiger charge is 2.49. The first kappa shape index (κ1) is 19.3. The number of halogens is 1. The van der Waals surface area contributed by atoms with E-state index in [-0.39, 0.29) is 18.0 Å². The Balaban J connectivity index is 1.58. The zero-order valence-electron chi connectivity index (χ0n) is 15.0. The smallest absolute Gasteiger partial charge is 0.325 e. The minimum atomic E-state index is -1.34. The van der Waals surface area contributed by atoms with Gasteiger partial charge in [0.1, 0.15) is 12.1 Å². The summed E-state index contributed by atoms with van der Waals surface area (Å²) in [5.41, 5.74) is 4.66. The molecule has 0 radical (unpaired) electrons. The quantitative estimate of drug-likeness (QED) is 0.545. The summed E-state index contributed by atoms with van der Waals surface area (Å²) >= 11 is 4.79. The second-order valence-corrected chi connectivity index (χ2v) is 8.36. The van der Waals surface area contributed by atoms with Crippen molar-refractivity contribution >= 4 is 45.1 Å². The lowest BCUT2D eigenvalue weighted by atomic mass is 9.90. The molecule has 3 heterocycles. The van der Waals surface area contributed by atoms with Gasteiger partial charge in [0, 0.05) is 15.4 Å². The maximum absolute atomic E-state index is 13.0. The van der Waals surface area contributed by atoms with Gasteiger partial charge in [-0.1, -0.05) is 17.3 Å². The molecule has 3 aromatic rings. The van der Waals surface area contributed by atoms with Crippen LogP contribution in [0.1, 0.15) is 28.7 Å². The molecule has 11 heteroatoms. The number of urea groups is 1. The molecule has 1 fully saturated rings. The molecule has 1 aliphatic rings. The summed E-state index contributed by atoms with van der Waals surface area (Å²) in [6.45, 7) is 1.39. The van der Waals surface area contributed by atoms with Crippen LogP contribution < -0.4 is 11.1 Å². The van der Waals surface area contributed by atoms with Crippen LogP contribution >= 0.6 is 27.3 Å². The Morgan fingerprint density at radius 1 is 1.38 bits per heavy atom. The number of thiophene rings is 1. The second kappa shape index (κ2) is 7.08. The largest absolute Gasteiger partial charge is 0.366 e. The van der Waals surface area contributed by atoms with Crippen LogP contribution in [0.25, 0.3) is 10.7 Å².